The van der Waals surface area contributed by atoms with Crippen LogP contribution < -0.4 is 5.32 Å². The van der Waals surface area contributed by atoms with Gasteiger partial charge in [0.05, 0.1) is 0 Å². The van der Waals surface area contributed by atoms with Gasteiger partial charge in [0.25, 0.3) is 0 Å². The molecule has 0 saturated carbocycles. The minimum Gasteiger partial charge on any atom is -0.310 e. The summed E-state index contributed by atoms with van der Waals surface area (Å²) in [4.78, 5) is 0. The van der Waals surface area contributed by atoms with Crippen LogP contribution in [0.15, 0.2) is 40.9 Å². The Morgan fingerprint density at radius 1 is 0.952 bits per heavy atom. The molecule has 2 heteroatoms. The van der Waals surface area contributed by atoms with Gasteiger partial charge in [-0.05, 0) is 41.8 Å². The Kier molecular flexibility index (Phi) is 6.72. The first-order chi connectivity index (χ1) is 10.3. The van der Waals surface area contributed by atoms with E-state index in [-0.39, 0.29) is 0 Å². The second-order valence-corrected chi connectivity index (χ2v) is 6.54. The summed E-state index contributed by atoms with van der Waals surface area (Å²) in [6.07, 6.45) is 6.29. The molecular weight excluding hydrogens is 322 g/mol. The fraction of sp³-hybridized carbons (Fsp3) is 0.474. The molecule has 0 aliphatic heterocycles. The minimum atomic E-state index is 0.467. The summed E-state index contributed by atoms with van der Waals surface area (Å²) >= 11 is 3.68. The first kappa shape index (κ1) is 16.5. The normalized spacial score (nSPS) is 12.7. The molecule has 1 nitrogen and oxygen atoms in total. The van der Waals surface area contributed by atoms with E-state index in [0.29, 0.717) is 6.04 Å². The molecule has 0 heterocycles. The van der Waals surface area contributed by atoms with E-state index in [1.165, 1.54) is 52.9 Å². The van der Waals surface area contributed by atoms with E-state index < -0.39 is 0 Å². The van der Waals surface area contributed by atoms with Crippen LogP contribution in [0.2, 0.25) is 0 Å². The zero-order valence-electron chi connectivity index (χ0n) is 13.2. The van der Waals surface area contributed by atoms with Crippen molar-refractivity contribution >= 4 is 26.7 Å². The lowest BCUT2D eigenvalue weighted by Crippen LogP contribution is -2.22. The van der Waals surface area contributed by atoms with Gasteiger partial charge < -0.3 is 5.32 Å². The van der Waals surface area contributed by atoms with Crippen LogP contribution in [0.3, 0.4) is 0 Å². The second-order valence-electron chi connectivity index (χ2n) is 5.68. The van der Waals surface area contributed by atoms with E-state index in [1.807, 2.05) is 0 Å². The van der Waals surface area contributed by atoms with Crippen molar-refractivity contribution in [3.05, 3.63) is 46.4 Å². The van der Waals surface area contributed by atoms with Crippen molar-refractivity contribution in [2.75, 3.05) is 6.54 Å². The molecule has 0 aliphatic carbocycles. The van der Waals surface area contributed by atoms with Gasteiger partial charge in [-0.25, -0.2) is 0 Å². The van der Waals surface area contributed by atoms with Crippen molar-refractivity contribution in [3.63, 3.8) is 0 Å². The van der Waals surface area contributed by atoms with Crippen LogP contribution in [0.1, 0.15) is 57.6 Å². The van der Waals surface area contributed by atoms with Crippen molar-refractivity contribution in [1.82, 2.24) is 5.32 Å². The Balaban J connectivity index is 2.32. The highest BCUT2D eigenvalue weighted by molar-refractivity contribution is 9.10. The van der Waals surface area contributed by atoms with Crippen LogP contribution in [0.25, 0.3) is 10.8 Å². The number of hydrogen-bond donors (Lipinski definition) is 1. The molecule has 0 spiro atoms. The highest BCUT2D eigenvalue weighted by atomic mass is 79.9. The lowest BCUT2D eigenvalue weighted by molar-refractivity contribution is 0.477. The molecule has 21 heavy (non-hydrogen) atoms. The highest BCUT2D eigenvalue weighted by Crippen LogP contribution is 2.32. The van der Waals surface area contributed by atoms with Crippen molar-refractivity contribution in [2.45, 2.75) is 52.0 Å². The van der Waals surface area contributed by atoms with Gasteiger partial charge in [-0.3, -0.25) is 0 Å². The first-order valence-electron chi connectivity index (χ1n) is 8.18. The van der Waals surface area contributed by atoms with Crippen LogP contribution in [0, 0.1) is 0 Å². The Morgan fingerprint density at radius 3 is 2.43 bits per heavy atom. The fourth-order valence-electron chi connectivity index (χ4n) is 2.87. The Labute approximate surface area is 137 Å². The van der Waals surface area contributed by atoms with E-state index in [4.69, 9.17) is 0 Å². The zero-order valence-corrected chi connectivity index (χ0v) is 14.7. The standard InChI is InChI=1S/C19H26BrN/c1-3-5-6-11-19(21-14-4-2)17-12-13-18(20)16-10-8-7-9-15(16)17/h7-10,12-13,19,21H,3-6,11,14H2,1-2H3. The number of hydrogen-bond acceptors (Lipinski definition) is 1. The van der Waals surface area contributed by atoms with Crippen molar-refractivity contribution in [3.8, 4) is 0 Å². The lowest BCUT2D eigenvalue weighted by Gasteiger charge is -2.21. The average Bonchev–Trinajstić information content (AvgIpc) is 2.52. The Morgan fingerprint density at radius 2 is 1.71 bits per heavy atom. The lowest BCUT2D eigenvalue weighted by atomic mass is 9.95. The number of benzene rings is 2. The third kappa shape index (κ3) is 4.31. The van der Waals surface area contributed by atoms with Gasteiger partial charge in [0.15, 0.2) is 0 Å². The summed E-state index contributed by atoms with van der Waals surface area (Å²) in [5, 5.41) is 6.43. The first-order valence-corrected chi connectivity index (χ1v) is 8.97. The van der Waals surface area contributed by atoms with Gasteiger partial charge >= 0.3 is 0 Å². The molecule has 0 fully saturated rings. The van der Waals surface area contributed by atoms with E-state index in [2.05, 4.69) is 71.5 Å². The number of rotatable bonds is 8. The number of halogens is 1. The van der Waals surface area contributed by atoms with Gasteiger partial charge in [0.1, 0.15) is 0 Å². The quantitative estimate of drug-likeness (QED) is 0.558. The largest absolute Gasteiger partial charge is 0.310 e. The van der Waals surface area contributed by atoms with Crippen molar-refractivity contribution in [2.24, 2.45) is 0 Å². The number of nitrogens with one attached hydrogen (secondary N) is 1. The van der Waals surface area contributed by atoms with Gasteiger partial charge in [0, 0.05) is 10.5 Å². The van der Waals surface area contributed by atoms with Crippen LogP contribution >= 0.6 is 15.9 Å². The summed E-state index contributed by atoms with van der Waals surface area (Å²) in [5.41, 5.74) is 1.44. The molecule has 2 aromatic carbocycles. The van der Waals surface area contributed by atoms with Crippen molar-refractivity contribution in [1.29, 1.82) is 0 Å². The topological polar surface area (TPSA) is 12.0 Å². The van der Waals surface area contributed by atoms with E-state index in [0.717, 1.165) is 6.54 Å². The second kappa shape index (κ2) is 8.55. The number of unbranched alkanes of at least 4 members (excludes halogenated alkanes) is 2. The SMILES string of the molecule is CCCCCC(NCCC)c1ccc(Br)c2ccccc12. The average molecular weight is 348 g/mol. The fourth-order valence-corrected chi connectivity index (χ4v) is 3.35. The minimum absolute atomic E-state index is 0.467. The van der Waals surface area contributed by atoms with Crippen LogP contribution in [0.4, 0.5) is 0 Å². The molecule has 1 atom stereocenters. The van der Waals surface area contributed by atoms with E-state index in [1.54, 1.807) is 0 Å². The summed E-state index contributed by atoms with van der Waals surface area (Å²) in [6.45, 7) is 5.58. The maximum Gasteiger partial charge on any atom is 0.0326 e. The molecule has 0 saturated heterocycles. The molecule has 0 bridgehead atoms. The molecule has 0 aromatic heterocycles. The van der Waals surface area contributed by atoms with Gasteiger partial charge in [-0.15, -0.1) is 0 Å². The molecule has 1 unspecified atom stereocenters. The molecule has 0 amide bonds. The van der Waals surface area contributed by atoms with Gasteiger partial charge in [-0.2, -0.15) is 0 Å². The molecule has 0 radical (unpaired) electrons. The summed E-state index contributed by atoms with van der Waals surface area (Å²) in [5.74, 6) is 0. The summed E-state index contributed by atoms with van der Waals surface area (Å²) in [6, 6.07) is 13.6. The maximum absolute atomic E-state index is 3.74. The van der Waals surface area contributed by atoms with Gasteiger partial charge in [0.2, 0.25) is 0 Å². The monoisotopic (exact) mass is 347 g/mol. The van der Waals surface area contributed by atoms with Crippen LogP contribution in [-0.2, 0) is 0 Å². The third-order valence-corrected chi connectivity index (χ3v) is 4.71. The third-order valence-electron chi connectivity index (χ3n) is 4.02. The van der Waals surface area contributed by atoms with Crippen LogP contribution in [-0.4, -0.2) is 6.54 Å². The smallest absolute Gasteiger partial charge is 0.0326 e. The van der Waals surface area contributed by atoms with E-state index >= 15 is 0 Å². The van der Waals surface area contributed by atoms with E-state index in [9.17, 15) is 0 Å². The Hall–Kier alpha value is -0.860. The molecule has 114 valence electrons. The molecule has 2 rings (SSSR count). The molecule has 0 aliphatic rings. The van der Waals surface area contributed by atoms with Crippen LogP contribution in [0.5, 0.6) is 0 Å². The maximum atomic E-state index is 3.74. The zero-order chi connectivity index (χ0) is 15.1. The highest BCUT2D eigenvalue weighted by Gasteiger charge is 2.14. The molecular formula is C19H26BrN. The molecule has 1 N–H and O–H groups in total. The predicted molar refractivity (Wildman–Crippen MR) is 96.8 cm³/mol. The Bertz CT molecular complexity index is 564. The number of fused-ring (bicyclic) bond motifs is 1. The van der Waals surface area contributed by atoms with Crippen molar-refractivity contribution < 1.29 is 0 Å². The summed E-state index contributed by atoms with van der Waals surface area (Å²) in [7, 11) is 0. The van der Waals surface area contributed by atoms with Gasteiger partial charge in [-0.1, -0.05) is 79.4 Å². The predicted octanol–water partition coefficient (Wildman–Crippen LogP) is 6.22. The summed E-state index contributed by atoms with van der Waals surface area (Å²) < 4.78 is 1.18. The molecule has 2 aromatic rings.